The number of pyridine rings is 1. The molecule has 0 aliphatic rings. The minimum atomic E-state index is -0.00223. The van der Waals surface area contributed by atoms with Gasteiger partial charge in [0.15, 0.2) is 0 Å². The maximum absolute atomic E-state index is 9.65. The Kier molecular flexibility index (Phi) is 4.74. The summed E-state index contributed by atoms with van der Waals surface area (Å²) in [4.78, 5) is 4.49. The molecule has 3 rings (SSSR count). The van der Waals surface area contributed by atoms with E-state index in [0.717, 1.165) is 39.2 Å². The molecular formula is C20H21N5O. The van der Waals surface area contributed by atoms with Gasteiger partial charge >= 0.3 is 0 Å². The van der Waals surface area contributed by atoms with E-state index in [4.69, 9.17) is 10.8 Å². The normalized spacial score (nSPS) is 10.7. The molecule has 0 spiro atoms. The lowest BCUT2D eigenvalue weighted by molar-refractivity contribution is 0.269. The second kappa shape index (κ2) is 6.98. The Bertz CT molecular complexity index is 997. The number of aliphatic hydroxyl groups excluding tert-OH is 1. The van der Waals surface area contributed by atoms with Gasteiger partial charge in [-0.25, -0.2) is 4.98 Å². The van der Waals surface area contributed by atoms with Gasteiger partial charge in [-0.05, 0) is 26.3 Å². The van der Waals surface area contributed by atoms with E-state index >= 15 is 0 Å². The zero-order valence-electron chi connectivity index (χ0n) is 15.1. The topological polar surface area (TPSA) is 101 Å². The molecule has 0 radical (unpaired) electrons. The molecule has 0 bridgehead atoms. The fraction of sp³-hybridized carbons (Fsp3) is 0.250. The van der Waals surface area contributed by atoms with Crippen LogP contribution in [0.25, 0.3) is 22.4 Å². The van der Waals surface area contributed by atoms with Gasteiger partial charge in [0.05, 0.1) is 24.5 Å². The first-order valence-electron chi connectivity index (χ1n) is 8.38. The number of nitrogens with two attached hydrogens (primary N) is 1. The lowest BCUT2D eigenvalue weighted by Crippen LogP contribution is -2.03. The van der Waals surface area contributed by atoms with Crippen molar-refractivity contribution in [3.8, 4) is 28.5 Å². The van der Waals surface area contributed by atoms with E-state index in [1.54, 1.807) is 4.68 Å². The molecule has 132 valence electrons. The molecule has 2 aromatic heterocycles. The number of rotatable bonds is 4. The molecule has 0 aliphatic heterocycles. The Morgan fingerprint density at radius 1 is 1.19 bits per heavy atom. The summed E-state index contributed by atoms with van der Waals surface area (Å²) in [6, 6.07) is 10.2. The number of benzene rings is 1. The summed E-state index contributed by atoms with van der Waals surface area (Å²) in [5, 5.41) is 23.2. The van der Waals surface area contributed by atoms with Crippen molar-refractivity contribution in [2.75, 3.05) is 12.3 Å². The van der Waals surface area contributed by atoms with Crippen LogP contribution in [0.3, 0.4) is 0 Å². The molecule has 0 fully saturated rings. The molecule has 26 heavy (non-hydrogen) atoms. The van der Waals surface area contributed by atoms with Crippen molar-refractivity contribution in [1.29, 1.82) is 5.26 Å². The van der Waals surface area contributed by atoms with Crippen LogP contribution in [0.15, 0.2) is 30.5 Å². The highest BCUT2D eigenvalue weighted by Crippen LogP contribution is 2.36. The molecule has 3 aromatic rings. The van der Waals surface area contributed by atoms with E-state index in [1.165, 1.54) is 0 Å². The molecule has 0 atom stereocenters. The summed E-state index contributed by atoms with van der Waals surface area (Å²) >= 11 is 0. The van der Waals surface area contributed by atoms with Crippen molar-refractivity contribution in [2.45, 2.75) is 27.3 Å². The van der Waals surface area contributed by atoms with Gasteiger partial charge < -0.3 is 10.8 Å². The van der Waals surface area contributed by atoms with Crippen molar-refractivity contribution in [2.24, 2.45) is 0 Å². The number of anilines is 1. The smallest absolute Gasteiger partial charge is 0.142 e. The Morgan fingerprint density at radius 3 is 2.50 bits per heavy atom. The molecule has 6 heteroatoms. The third-order valence-corrected chi connectivity index (χ3v) is 4.45. The monoisotopic (exact) mass is 347 g/mol. The summed E-state index contributed by atoms with van der Waals surface area (Å²) in [5.41, 5.74) is 12.6. The third-order valence-electron chi connectivity index (χ3n) is 4.45. The summed E-state index contributed by atoms with van der Waals surface area (Å²) in [6.45, 7) is 6.25. The summed E-state index contributed by atoms with van der Waals surface area (Å²) in [7, 11) is 0. The van der Waals surface area contributed by atoms with Crippen LogP contribution in [0.2, 0.25) is 0 Å². The van der Waals surface area contributed by atoms with E-state index in [-0.39, 0.29) is 12.4 Å². The van der Waals surface area contributed by atoms with Crippen molar-refractivity contribution < 1.29 is 5.11 Å². The molecule has 3 N–H and O–H groups in total. The quantitative estimate of drug-likeness (QED) is 0.755. The number of nitriles is 1. The molecule has 0 saturated carbocycles. The fourth-order valence-corrected chi connectivity index (χ4v) is 3.12. The summed E-state index contributed by atoms with van der Waals surface area (Å²) in [5.74, 6) is 0.206. The van der Waals surface area contributed by atoms with Gasteiger partial charge in [0.25, 0.3) is 0 Å². The Balaban J connectivity index is 2.27. The first-order chi connectivity index (χ1) is 12.5. The average molecular weight is 347 g/mol. The molecule has 6 nitrogen and oxygen atoms in total. The van der Waals surface area contributed by atoms with Crippen molar-refractivity contribution in [3.05, 3.63) is 52.8 Å². The number of aryl methyl sites for hydroxylation is 2. The highest BCUT2D eigenvalue weighted by Gasteiger charge is 2.21. The zero-order valence-corrected chi connectivity index (χ0v) is 15.1. The lowest BCUT2D eigenvalue weighted by Gasteiger charge is -2.14. The Hall–Kier alpha value is -3.17. The van der Waals surface area contributed by atoms with Gasteiger partial charge in [0.2, 0.25) is 0 Å². The first kappa shape index (κ1) is 17.6. The van der Waals surface area contributed by atoms with Crippen molar-refractivity contribution in [3.63, 3.8) is 0 Å². The van der Waals surface area contributed by atoms with Crippen LogP contribution in [-0.4, -0.2) is 26.5 Å². The van der Waals surface area contributed by atoms with Crippen LogP contribution in [0, 0.1) is 32.1 Å². The maximum Gasteiger partial charge on any atom is 0.142 e. The predicted molar refractivity (Wildman–Crippen MR) is 101 cm³/mol. The van der Waals surface area contributed by atoms with Gasteiger partial charge in [-0.3, -0.25) is 4.68 Å². The number of aliphatic hydroxyl groups is 1. The third kappa shape index (κ3) is 3.05. The molecule has 1 aromatic carbocycles. The fourth-order valence-electron chi connectivity index (χ4n) is 3.12. The Labute approximate surface area is 152 Å². The molecule has 0 aliphatic carbocycles. The molecule has 2 heterocycles. The van der Waals surface area contributed by atoms with Gasteiger partial charge in [-0.15, -0.1) is 0 Å². The number of nitrogen functional groups attached to an aromatic ring is 1. The van der Waals surface area contributed by atoms with E-state index < -0.39 is 0 Å². The van der Waals surface area contributed by atoms with E-state index in [1.807, 2.05) is 51.2 Å². The summed E-state index contributed by atoms with van der Waals surface area (Å²) in [6.07, 6.45) is 1.84. The van der Waals surface area contributed by atoms with Crippen LogP contribution in [0.1, 0.15) is 22.4 Å². The average Bonchev–Trinajstić information content (AvgIpc) is 2.97. The van der Waals surface area contributed by atoms with Crippen LogP contribution in [-0.2, 0) is 6.54 Å². The predicted octanol–water partition coefficient (Wildman–Crippen LogP) is 2.98. The number of aromatic nitrogens is 3. The number of hydrogen-bond donors (Lipinski definition) is 2. The second-order valence-corrected chi connectivity index (χ2v) is 6.31. The van der Waals surface area contributed by atoms with Gasteiger partial charge in [0.1, 0.15) is 17.5 Å². The minimum Gasteiger partial charge on any atom is -0.394 e. The van der Waals surface area contributed by atoms with Gasteiger partial charge in [-0.1, -0.05) is 29.8 Å². The van der Waals surface area contributed by atoms with E-state index in [2.05, 4.69) is 16.2 Å². The highest BCUT2D eigenvalue weighted by atomic mass is 16.3. The summed E-state index contributed by atoms with van der Waals surface area (Å²) < 4.78 is 1.67. The van der Waals surface area contributed by atoms with E-state index in [0.29, 0.717) is 12.1 Å². The first-order valence-corrected chi connectivity index (χ1v) is 8.38. The molecular weight excluding hydrogens is 326 g/mol. The molecule has 0 saturated heterocycles. The Morgan fingerprint density at radius 2 is 1.88 bits per heavy atom. The molecule has 0 amide bonds. The minimum absolute atomic E-state index is 0.00223. The standard InChI is InChI=1S/C20H21N5O/c1-12-4-6-15(7-5-12)19-13(2)18(16(10-21)20(22)23-19)17-11-25(8-9-26)24-14(17)3/h4-7,11,26H,8-9H2,1-3H3,(H2,22,23). The van der Waals surface area contributed by atoms with E-state index in [9.17, 15) is 5.26 Å². The van der Waals surface area contributed by atoms with Crippen LogP contribution in [0.4, 0.5) is 5.82 Å². The number of nitrogens with zero attached hydrogens (tertiary/aromatic N) is 4. The largest absolute Gasteiger partial charge is 0.394 e. The highest BCUT2D eigenvalue weighted by molar-refractivity contribution is 5.84. The van der Waals surface area contributed by atoms with Crippen LogP contribution < -0.4 is 5.73 Å². The lowest BCUT2D eigenvalue weighted by atomic mass is 9.93. The zero-order chi connectivity index (χ0) is 18.8. The SMILES string of the molecule is Cc1ccc(-c2nc(N)c(C#N)c(-c3cn(CCO)nc3C)c2C)cc1. The van der Waals surface area contributed by atoms with Gasteiger partial charge in [0, 0.05) is 22.9 Å². The van der Waals surface area contributed by atoms with Gasteiger partial charge in [-0.2, -0.15) is 10.4 Å². The number of hydrogen-bond acceptors (Lipinski definition) is 5. The van der Waals surface area contributed by atoms with Crippen LogP contribution in [0.5, 0.6) is 0 Å². The van der Waals surface area contributed by atoms with Crippen molar-refractivity contribution in [1.82, 2.24) is 14.8 Å². The molecule has 0 unspecified atom stereocenters. The second-order valence-electron chi connectivity index (χ2n) is 6.31. The maximum atomic E-state index is 9.65. The van der Waals surface area contributed by atoms with Crippen molar-refractivity contribution >= 4 is 5.82 Å². The van der Waals surface area contributed by atoms with Crippen LogP contribution >= 0.6 is 0 Å².